The predicted molar refractivity (Wildman–Crippen MR) is 77.0 cm³/mol. The zero-order chi connectivity index (χ0) is 14.3. The van der Waals surface area contributed by atoms with Crippen LogP contribution in [0.1, 0.15) is 26.2 Å². The van der Waals surface area contributed by atoms with Crippen molar-refractivity contribution in [1.82, 2.24) is 9.29 Å². The van der Waals surface area contributed by atoms with Gasteiger partial charge in [-0.25, -0.2) is 13.1 Å². The molecule has 5 nitrogen and oxygen atoms in total. The van der Waals surface area contributed by atoms with E-state index in [1.807, 2.05) is 6.92 Å². The summed E-state index contributed by atoms with van der Waals surface area (Å²) in [6.45, 7) is 2.71. The fourth-order valence-corrected chi connectivity index (χ4v) is 3.01. The van der Waals surface area contributed by atoms with Crippen molar-refractivity contribution < 1.29 is 8.42 Å². The largest absolute Gasteiger partial charge is 0.314 e. The summed E-state index contributed by atoms with van der Waals surface area (Å²) in [4.78, 5) is 11.5. The molecule has 0 atom stereocenters. The van der Waals surface area contributed by atoms with Crippen LogP contribution in [-0.2, 0) is 16.6 Å². The van der Waals surface area contributed by atoms with Crippen LogP contribution in [0.25, 0.3) is 0 Å². The molecule has 7 heteroatoms. The normalized spacial score (nSPS) is 11.7. The lowest BCUT2D eigenvalue weighted by atomic mass is 10.4. The van der Waals surface area contributed by atoms with Crippen molar-refractivity contribution in [2.24, 2.45) is 0 Å². The number of nitrogens with zero attached hydrogens (tertiary/aromatic N) is 1. The maximum Gasteiger partial charge on any atom is 0.250 e. The number of nitrogens with one attached hydrogen (secondary N) is 1. The number of pyridine rings is 1. The molecule has 0 unspecified atom stereocenters. The molecular weight excluding hydrogens is 288 g/mol. The molecule has 0 amide bonds. The van der Waals surface area contributed by atoms with Crippen molar-refractivity contribution in [2.75, 3.05) is 12.3 Å². The van der Waals surface area contributed by atoms with E-state index in [9.17, 15) is 13.2 Å². The van der Waals surface area contributed by atoms with Gasteiger partial charge in [-0.2, -0.15) is 0 Å². The van der Waals surface area contributed by atoms with E-state index in [-0.39, 0.29) is 11.3 Å². The summed E-state index contributed by atoms with van der Waals surface area (Å²) in [5.74, 6) is 0.153. The average Bonchev–Trinajstić information content (AvgIpc) is 2.36. The second kappa shape index (κ2) is 7.67. The first-order valence-electron chi connectivity index (χ1n) is 6.28. The van der Waals surface area contributed by atoms with Crippen molar-refractivity contribution in [1.29, 1.82) is 0 Å². The third-order valence-corrected chi connectivity index (χ3v) is 4.31. The van der Waals surface area contributed by atoms with Crippen LogP contribution in [0.2, 0.25) is 5.02 Å². The van der Waals surface area contributed by atoms with Crippen LogP contribution in [0.4, 0.5) is 0 Å². The van der Waals surface area contributed by atoms with E-state index in [0.717, 1.165) is 6.42 Å². The van der Waals surface area contributed by atoms with Gasteiger partial charge in [-0.05, 0) is 18.9 Å². The summed E-state index contributed by atoms with van der Waals surface area (Å²) in [6, 6.07) is 2.93. The lowest BCUT2D eigenvalue weighted by molar-refractivity contribution is 0.564. The first-order valence-corrected chi connectivity index (χ1v) is 8.31. The van der Waals surface area contributed by atoms with E-state index in [1.165, 1.54) is 16.7 Å². The maximum absolute atomic E-state index is 11.5. The van der Waals surface area contributed by atoms with Gasteiger partial charge in [-0.1, -0.05) is 24.9 Å². The van der Waals surface area contributed by atoms with E-state index in [4.69, 9.17) is 11.6 Å². The van der Waals surface area contributed by atoms with Crippen LogP contribution in [0.5, 0.6) is 0 Å². The summed E-state index contributed by atoms with van der Waals surface area (Å²) in [5.41, 5.74) is -0.141. The molecule has 0 fully saturated rings. The van der Waals surface area contributed by atoms with Crippen LogP contribution in [0.15, 0.2) is 23.1 Å². The van der Waals surface area contributed by atoms with Gasteiger partial charge in [0, 0.05) is 25.4 Å². The van der Waals surface area contributed by atoms with Crippen LogP contribution < -0.4 is 10.3 Å². The summed E-state index contributed by atoms with van der Waals surface area (Å²) in [5, 5.41) is 0.489. The lowest BCUT2D eigenvalue weighted by Crippen LogP contribution is -2.29. The highest BCUT2D eigenvalue weighted by Crippen LogP contribution is 2.03. The van der Waals surface area contributed by atoms with Crippen LogP contribution in [0, 0.1) is 0 Å². The van der Waals surface area contributed by atoms with Gasteiger partial charge in [0.25, 0.3) is 5.56 Å². The SMILES string of the molecule is CCCCS(=O)(=O)NCCCn1cc(Cl)ccc1=O. The summed E-state index contributed by atoms with van der Waals surface area (Å²) < 4.78 is 27.0. The minimum Gasteiger partial charge on any atom is -0.314 e. The zero-order valence-electron chi connectivity index (χ0n) is 10.9. The molecule has 1 aromatic rings. The molecule has 1 aromatic heterocycles. The molecule has 108 valence electrons. The van der Waals surface area contributed by atoms with E-state index < -0.39 is 10.0 Å². The summed E-state index contributed by atoms with van der Waals surface area (Å²) in [7, 11) is -3.18. The number of hydrogen-bond donors (Lipinski definition) is 1. The molecule has 1 rings (SSSR count). The van der Waals surface area contributed by atoms with Gasteiger partial charge in [0.1, 0.15) is 0 Å². The monoisotopic (exact) mass is 306 g/mol. The van der Waals surface area contributed by atoms with Gasteiger partial charge in [0.15, 0.2) is 0 Å². The summed E-state index contributed by atoms with van der Waals surface area (Å²) >= 11 is 5.79. The second-order valence-corrected chi connectivity index (χ2v) is 6.66. The first-order chi connectivity index (χ1) is 8.94. The number of aryl methyl sites for hydroxylation is 1. The van der Waals surface area contributed by atoms with Gasteiger partial charge in [0.2, 0.25) is 10.0 Å². The van der Waals surface area contributed by atoms with Crippen molar-refractivity contribution in [3.63, 3.8) is 0 Å². The molecular formula is C12H19ClN2O3S. The van der Waals surface area contributed by atoms with E-state index >= 15 is 0 Å². The van der Waals surface area contributed by atoms with Gasteiger partial charge in [0.05, 0.1) is 10.8 Å². The zero-order valence-corrected chi connectivity index (χ0v) is 12.5. The minimum atomic E-state index is -3.18. The third kappa shape index (κ3) is 6.22. The molecule has 0 aromatic carbocycles. The highest BCUT2D eigenvalue weighted by molar-refractivity contribution is 7.89. The Balaban J connectivity index is 2.39. The fourth-order valence-electron chi connectivity index (χ4n) is 1.56. The number of halogens is 1. The number of aromatic nitrogens is 1. The van der Waals surface area contributed by atoms with Crippen molar-refractivity contribution in [3.05, 3.63) is 33.7 Å². The number of hydrogen-bond acceptors (Lipinski definition) is 3. The minimum absolute atomic E-state index is 0.141. The number of sulfonamides is 1. The second-order valence-electron chi connectivity index (χ2n) is 4.30. The Labute approximate surface area is 118 Å². The predicted octanol–water partition coefficient (Wildman–Crippen LogP) is 1.61. The van der Waals surface area contributed by atoms with E-state index in [0.29, 0.717) is 31.0 Å². The Morgan fingerprint density at radius 3 is 2.74 bits per heavy atom. The number of unbranched alkanes of at least 4 members (excludes halogenated alkanes) is 1. The molecule has 0 radical (unpaired) electrons. The molecule has 0 saturated heterocycles. The van der Waals surface area contributed by atoms with Gasteiger partial charge >= 0.3 is 0 Å². The Kier molecular flexibility index (Phi) is 6.54. The van der Waals surface area contributed by atoms with Crippen LogP contribution >= 0.6 is 11.6 Å². The molecule has 19 heavy (non-hydrogen) atoms. The van der Waals surface area contributed by atoms with Gasteiger partial charge in [-0.3, -0.25) is 4.79 Å². The lowest BCUT2D eigenvalue weighted by Gasteiger charge is -2.08. The van der Waals surface area contributed by atoms with Crippen molar-refractivity contribution in [2.45, 2.75) is 32.7 Å². The molecule has 0 aliphatic carbocycles. The summed E-state index contributed by atoms with van der Waals surface area (Å²) in [6.07, 6.45) is 3.60. The highest BCUT2D eigenvalue weighted by Gasteiger charge is 2.08. The number of rotatable bonds is 8. The molecule has 1 N–H and O–H groups in total. The molecule has 0 aliphatic heterocycles. The molecule has 0 spiro atoms. The average molecular weight is 307 g/mol. The third-order valence-electron chi connectivity index (χ3n) is 2.61. The van der Waals surface area contributed by atoms with E-state index in [2.05, 4.69) is 4.72 Å². The van der Waals surface area contributed by atoms with Crippen molar-refractivity contribution >= 4 is 21.6 Å². The first kappa shape index (κ1) is 16.2. The molecule has 0 saturated carbocycles. The van der Waals surface area contributed by atoms with Crippen LogP contribution in [0.3, 0.4) is 0 Å². The smallest absolute Gasteiger partial charge is 0.250 e. The quantitative estimate of drug-likeness (QED) is 0.742. The van der Waals surface area contributed by atoms with Gasteiger partial charge in [-0.15, -0.1) is 0 Å². The Hall–Kier alpha value is -0.850. The Bertz CT molecular complexity index is 554. The maximum atomic E-state index is 11.5. The van der Waals surface area contributed by atoms with Crippen molar-refractivity contribution in [3.8, 4) is 0 Å². The topological polar surface area (TPSA) is 68.2 Å². The van der Waals surface area contributed by atoms with Gasteiger partial charge < -0.3 is 4.57 Å². The standard InChI is InChI=1S/C12H19ClN2O3S/c1-2-3-9-19(17,18)14-7-4-8-15-10-11(13)5-6-12(15)16/h5-6,10,14H,2-4,7-9H2,1H3. The Morgan fingerprint density at radius 2 is 2.05 bits per heavy atom. The molecule has 0 aliphatic rings. The fraction of sp³-hybridized carbons (Fsp3) is 0.583. The molecule has 1 heterocycles. The molecule has 0 bridgehead atoms. The van der Waals surface area contributed by atoms with E-state index in [1.54, 1.807) is 6.20 Å². The highest BCUT2D eigenvalue weighted by atomic mass is 35.5. The van der Waals surface area contributed by atoms with Crippen LogP contribution in [-0.4, -0.2) is 25.3 Å². The Morgan fingerprint density at radius 1 is 1.32 bits per heavy atom.